The fraction of sp³-hybridized carbons (Fsp3) is 0.154. The highest BCUT2D eigenvalue weighted by Crippen LogP contribution is 2.14. The largest absolute Gasteiger partial charge is 0.368 e. The Morgan fingerprint density at radius 2 is 2.25 bits per heavy atom. The van der Waals surface area contributed by atoms with Gasteiger partial charge in [-0.05, 0) is 19.1 Å². The Bertz CT molecular complexity index is 673. The second-order valence-corrected chi connectivity index (χ2v) is 4.02. The lowest BCUT2D eigenvalue weighted by Crippen LogP contribution is -2.32. The number of aromatic nitrogens is 3. The quantitative estimate of drug-likeness (QED) is 0.497. The molecule has 0 aliphatic rings. The summed E-state index contributed by atoms with van der Waals surface area (Å²) in [6.07, 6.45) is 4.04. The first-order valence-electron chi connectivity index (χ1n) is 5.40. The average molecular weight is 212 g/mol. The number of H-pyrrole nitrogens is 1. The molecular formula is C13H14N3+. The number of rotatable bonds is 2. The number of nitrogens with one attached hydrogen (secondary N) is 1. The standard InChI is InChI=1S/C13H13N3/c1-3-8-15-11-6-4-5-7-12(11)16-9-10(2)14-13(15)16/h3-7,9H,1,8H2,2H3/p+1. The van der Waals surface area contributed by atoms with Crippen molar-refractivity contribution in [2.75, 3.05) is 0 Å². The third-order valence-electron chi connectivity index (χ3n) is 2.86. The molecule has 0 aliphatic heterocycles. The molecule has 2 aromatic heterocycles. The van der Waals surface area contributed by atoms with Gasteiger partial charge in [-0.3, -0.25) is 0 Å². The van der Waals surface area contributed by atoms with Crippen molar-refractivity contribution in [2.24, 2.45) is 0 Å². The normalized spacial score (nSPS) is 11.3. The van der Waals surface area contributed by atoms with Gasteiger partial charge in [-0.1, -0.05) is 24.8 Å². The van der Waals surface area contributed by atoms with Gasteiger partial charge in [0.15, 0.2) is 0 Å². The maximum Gasteiger partial charge on any atom is 0.368 e. The number of hydrogen-bond acceptors (Lipinski definition) is 0. The molecule has 3 nitrogen and oxygen atoms in total. The number of para-hydroxylation sites is 2. The molecule has 1 N–H and O–H groups in total. The summed E-state index contributed by atoms with van der Waals surface area (Å²) >= 11 is 0. The van der Waals surface area contributed by atoms with Crippen molar-refractivity contribution in [3.63, 3.8) is 0 Å². The molecule has 1 aromatic carbocycles. The van der Waals surface area contributed by atoms with Crippen LogP contribution in [0.1, 0.15) is 5.69 Å². The smallest absolute Gasteiger partial charge is 0.245 e. The zero-order chi connectivity index (χ0) is 11.1. The van der Waals surface area contributed by atoms with Crippen LogP contribution in [-0.2, 0) is 6.54 Å². The second kappa shape index (κ2) is 3.23. The van der Waals surface area contributed by atoms with Crippen molar-refractivity contribution in [2.45, 2.75) is 13.5 Å². The first kappa shape index (κ1) is 9.21. The summed E-state index contributed by atoms with van der Waals surface area (Å²) in [7, 11) is 0. The summed E-state index contributed by atoms with van der Waals surface area (Å²) < 4.78 is 4.42. The van der Waals surface area contributed by atoms with E-state index in [0.717, 1.165) is 12.3 Å². The van der Waals surface area contributed by atoms with Gasteiger partial charge in [0.1, 0.15) is 22.9 Å². The SMILES string of the molecule is C=CC[n+]1c2ccccc2n2cc(C)[nH]c21. The molecule has 0 spiro atoms. The van der Waals surface area contributed by atoms with Crippen LogP contribution < -0.4 is 4.57 Å². The Balaban J connectivity index is 2.50. The van der Waals surface area contributed by atoms with Crippen LogP contribution >= 0.6 is 0 Å². The van der Waals surface area contributed by atoms with E-state index in [9.17, 15) is 0 Å². The van der Waals surface area contributed by atoms with Crippen LogP contribution in [0.3, 0.4) is 0 Å². The average Bonchev–Trinajstić information content (AvgIpc) is 2.78. The highest BCUT2D eigenvalue weighted by Gasteiger charge is 2.17. The Labute approximate surface area is 93.6 Å². The lowest BCUT2D eigenvalue weighted by molar-refractivity contribution is -0.636. The van der Waals surface area contributed by atoms with E-state index in [4.69, 9.17) is 0 Å². The summed E-state index contributed by atoms with van der Waals surface area (Å²) in [6.45, 7) is 6.70. The Kier molecular flexibility index (Phi) is 1.86. The number of fused-ring (bicyclic) bond motifs is 3. The molecule has 0 fully saturated rings. The predicted octanol–water partition coefficient (Wildman–Crippen LogP) is 2.20. The summed E-state index contributed by atoms with van der Waals surface area (Å²) in [5.74, 6) is 1.11. The molecule has 2 heterocycles. The minimum absolute atomic E-state index is 0.816. The Morgan fingerprint density at radius 1 is 1.44 bits per heavy atom. The van der Waals surface area contributed by atoms with Gasteiger partial charge < -0.3 is 0 Å². The minimum Gasteiger partial charge on any atom is -0.245 e. The Hall–Kier alpha value is -2.03. The van der Waals surface area contributed by atoms with Crippen molar-refractivity contribution in [1.29, 1.82) is 0 Å². The van der Waals surface area contributed by atoms with Gasteiger partial charge in [0.25, 0.3) is 0 Å². The van der Waals surface area contributed by atoms with Gasteiger partial charge >= 0.3 is 5.78 Å². The van der Waals surface area contributed by atoms with Crippen LogP contribution in [0, 0.1) is 6.92 Å². The lowest BCUT2D eigenvalue weighted by Gasteiger charge is -1.93. The molecule has 0 saturated heterocycles. The summed E-state index contributed by atoms with van der Waals surface area (Å²) in [6, 6.07) is 8.40. The number of hydrogen-bond donors (Lipinski definition) is 1. The van der Waals surface area contributed by atoms with Gasteiger partial charge in [0, 0.05) is 0 Å². The third-order valence-corrected chi connectivity index (χ3v) is 2.86. The zero-order valence-corrected chi connectivity index (χ0v) is 9.27. The predicted molar refractivity (Wildman–Crippen MR) is 64.4 cm³/mol. The molecular weight excluding hydrogens is 198 g/mol. The monoisotopic (exact) mass is 212 g/mol. The maximum atomic E-state index is 3.81. The third kappa shape index (κ3) is 1.11. The number of benzene rings is 1. The molecule has 3 rings (SSSR count). The van der Waals surface area contributed by atoms with Gasteiger partial charge in [-0.15, -0.1) is 0 Å². The topological polar surface area (TPSA) is 24.1 Å². The molecule has 0 radical (unpaired) electrons. The first-order chi connectivity index (χ1) is 7.81. The Morgan fingerprint density at radius 3 is 3.06 bits per heavy atom. The van der Waals surface area contributed by atoms with Crippen LogP contribution in [0.4, 0.5) is 0 Å². The summed E-state index contributed by atoms with van der Waals surface area (Å²) in [5.41, 5.74) is 3.62. The fourth-order valence-electron chi connectivity index (χ4n) is 2.23. The number of imidazole rings is 2. The van der Waals surface area contributed by atoms with E-state index >= 15 is 0 Å². The lowest BCUT2D eigenvalue weighted by atomic mass is 10.3. The van der Waals surface area contributed by atoms with E-state index in [1.165, 1.54) is 16.7 Å². The van der Waals surface area contributed by atoms with E-state index in [0.29, 0.717) is 0 Å². The molecule has 3 aromatic rings. The number of aromatic amines is 1. The molecule has 16 heavy (non-hydrogen) atoms. The number of nitrogens with zero attached hydrogens (tertiary/aromatic N) is 2. The first-order valence-corrected chi connectivity index (χ1v) is 5.40. The molecule has 0 aliphatic carbocycles. The van der Waals surface area contributed by atoms with Gasteiger partial charge in [-0.2, -0.15) is 4.40 Å². The van der Waals surface area contributed by atoms with Gasteiger partial charge in [-0.25, -0.2) is 9.55 Å². The van der Waals surface area contributed by atoms with Crippen LogP contribution in [0.5, 0.6) is 0 Å². The molecule has 0 amide bonds. The van der Waals surface area contributed by atoms with Gasteiger partial charge in [0.05, 0.1) is 6.54 Å². The van der Waals surface area contributed by atoms with Crippen molar-refractivity contribution < 1.29 is 4.57 Å². The van der Waals surface area contributed by atoms with E-state index < -0.39 is 0 Å². The molecule has 0 atom stereocenters. The van der Waals surface area contributed by atoms with Crippen molar-refractivity contribution in [3.8, 4) is 0 Å². The van der Waals surface area contributed by atoms with E-state index in [-0.39, 0.29) is 0 Å². The molecule has 0 bridgehead atoms. The van der Waals surface area contributed by atoms with Crippen molar-refractivity contribution in [1.82, 2.24) is 9.38 Å². The highest BCUT2D eigenvalue weighted by atomic mass is 15.2. The molecule has 80 valence electrons. The zero-order valence-electron chi connectivity index (χ0n) is 9.27. The van der Waals surface area contributed by atoms with Crippen molar-refractivity contribution in [3.05, 3.63) is 48.8 Å². The molecule has 3 heteroatoms. The van der Waals surface area contributed by atoms with Gasteiger partial charge in [0.2, 0.25) is 0 Å². The summed E-state index contributed by atoms with van der Waals surface area (Å²) in [4.78, 5) is 3.38. The molecule has 0 unspecified atom stereocenters. The van der Waals surface area contributed by atoms with E-state index in [1.54, 1.807) is 0 Å². The number of allylic oxidation sites excluding steroid dienone is 1. The highest BCUT2D eigenvalue weighted by molar-refractivity contribution is 5.74. The maximum absolute atomic E-state index is 3.81. The van der Waals surface area contributed by atoms with Crippen LogP contribution in [0.2, 0.25) is 0 Å². The minimum atomic E-state index is 0.816. The second-order valence-electron chi connectivity index (χ2n) is 4.02. The van der Waals surface area contributed by atoms with E-state index in [2.05, 4.69) is 57.9 Å². The fourth-order valence-corrected chi connectivity index (χ4v) is 2.23. The molecule has 0 saturated carbocycles. The van der Waals surface area contributed by atoms with E-state index in [1.807, 2.05) is 6.08 Å². The van der Waals surface area contributed by atoms with Crippen LogP contribution in [0.15, 0.2) is 43.1 Å². The summed E-state index contributed by atoms with van der Waals surface area (Å²) in [5, 5.41) is 0. The van der Waals surface area contributed by atoms with Crippen LogP contribution in [0.25, 0.3) is 16.8 Å². The van der Waals surface area contributed by atoms with Crippen molar-refractivity contribution >= 4 is 16.8 Å². The van der Waals surface area contributed by atoms with Crippen LogP contribution in [-0.4, -0.2) is 9.38 Å². The number of aryl methyl sites for hydroxylation is 1.